The predicted molar refractivity (Wildman–Crippen MR) is 122 cm³/mol. The Labute approximate surface area is 186 Å². The van der Waals surface area contributed by atoms with Crippen LogP contribution in [0.5, 0.6) is 0 Å². The number of nitrogens with zero attached hydrogens (tertiary/aromatic N) is 1. The lowest BCUT2D eigenvalue weighted by molar-refractivity contribution is -0.131. The lowest BCUT2D eigenvalue weighted by atomic mass is 9.95. The van der Waals surface area contributed by atoms with E-state index in [-0.39, 0.29) is 29.1 Å². The first-order valence-corrected chi connectivity index (χ1v) is 13.2. The molecule has 0 radical (unpaired) electrons. The summed E-state index contributed by atoms with van der Waals surface area (Å²) in [5, 5.41) is 6.01. The van der Waals surface area contributed by atoms with Crippen molar-refractivity contribution in [2.45, 2.75) is 62.0 Å². The maximum absolute atomic E-state index is 13.1. The van der Waals surface area contributed by atoms with Crippen LogP contribution in [0, 0.1) is 0 Å². The second-order valence-corrected chi connectivity index (χ2v) is 10.3. The zero-order chi connectivity index (χ0) is 21.1. The van der Waals surface area contributed by atoms with Crippen molar-refractivity contribution in [3.05, 3.63) is 35.4 Å². The fourth-order valence-corrected chi connectivity index (χ4v) is 6.50. The minimum absolute atomic E-state index is 0.0897. The van der Waals surface area contributed by atoms with E-state index in [0.717, 1.165) is 37.0 Å². The molecule has 1 saturated heterocycles. The summed E-state index contributed by atoms with van der Waals surface area (Å²) >= 11 is 3.28. The molecule has 1 aromatic rings. The molecule has 4 rings (SSSR count). The summed E-state index contributed by atoms with van der Waals surface area (Å²) in [6, 6.07) is 6.68. The molecule has 162 valence electrons. The quantitative estimate of drug-likeness (QED) is 0.672. The first-order valence-electron chi connectivity index (χ1n) is 10.7. The number of carbonyl (C=O) groups is 3. The van der Waals surface area contributed by atoms with Crippen LogP contribution in [-0.2, 0) is 9.59 Å². The highest BCUT2D eigenvalue weighted by Crippen LogP contribution is 2.48. The highest BCUT2D eigenvalue weighted by Gasteiger charge is 2.48. The van der Waals surface area contributed by atoms with Crippen LogP contribution in [0.15, 0.2) is 24.3 Å². The van der Waals surface area contributed by atoms with Crippen LogP contribution in [0.25, 0.3) is 0 Å². The summed E-state index contributed by atoms with van der Waals surface area (Å²) in [4.78, 5) is 40.7. The smallest absolute Gasteiger partial charge is 0.256 e. The van der Waals surface area contributed by atoms with Crippen molar-refractivity contribution in [3.63, 3.8) is 0 Å². The maximum atomic E-state index is 13.1. The zero-order valence-electron chi connectivity index (χ0n) is 17.3. The van der Waals surface area contributed by atoms with Gasteiger partial charge in [0.15, 0.2) is 0 Å². The van der Waals surface area contributed by atoms with E-state index in [1.807, 2.05) is 30.5 Å². The highest BCUT2D eigenvalue weighted by molar-refractivity contribution is 7.99. The minimum atomic E-state index is -0.559. The standard InChI is InChI=1S/C22H29N3O3S2/c1-29-12-11-17(19(26)23-14-7-3-2-4-8-14)24-20(27)18-13-30-22-16-10-6-5-9-15(16)21(28)25(18)22/h5-6,9-10,14,17-18,22H,2-4,7-8,11-13H2,1H3,(H,23,26)(H,24,27). The van der Waals surface area contributed by atoms with Crippen LogP contribution >= 0.6 is 23.5 Å². The van der Waals surface area contributed by atoms with Crippen molar-refractivity contribution in [3.8, 4) is 0 Å². The molecule has 3 aliphatic rings. The lowest BCUT2D eigenvalue weighted by Crippen LogP contribution is -2.54. The van der Waals surface area contributed by atoms with E-state index in [1.54, 1.807) is 28.4 Å². The van der Waals surface area contributed by atoms with E-state index < -0.39 is 12.1 Å². The molecule has 6 nitrogen and oxygen atoms in total. The van der Waals surface area contributed by atoms with Gasteiger partial charge in [-0.3, -0.25) is 14.4 Å². The first kappa shape index (κ1) is 21.6. The number of hydrogen-bond donors (Lipinski definition) is 2. The Bertz CT molecular complexity index is 813. The van der Waals surface area contributed by atoms with E-state index in [0.29, 0.717) is 17.7 Å². The Hall–Kier alpha value is -1.67. The lowest BCUT2D eigenvalue weighted by Gasteiger charge is -2.28. The maximum Gasteiger partial charge on any atom is 0.256 e. The van der Waals surface area contributed by atoms with Crippen LogP contribution in [-0.4, -0.2) is 58.5 Å². The second kappa shape index (κ2) is 9.64. The van der Waals surface area contributed by atoms with Gasteiger partial charge in [0, 0.05) is 17.4 Å². The Morgan fingerprint density at radius 3 is 2.77 bits per heavy atom. The monoisotopic (exact) mass is 447 g/mol. The molecule has 0 spiro atoms. The van der Waals surface area contributed by atoms with Crippen molar-refractivity contribution in [2.75, 3.05) is 17.8 Å². The van der Waals surface area contributed by atoms with Crippen molar-refractivity contribution in [1.82, 2.24) is 15.5 Å². The average Bonchev–Trinajstić information content (AvgIpc) is 3.32. The molecule has 3 unspecified atom stereocenters. The molecule has 2 N–H and O–H groups in total. The number of thioether (sulfide) groups is 2. The van der Waals surface area contributed by atoms with E-state index in [9.17, 15) is 14.4 Å². The van der Waals surface area contributed by atoms with Crippen LogP contribution < -0.4 is 10.6 Å². The van der Waals surface area contributed by atoms with Crippen molar-refractivity contribution >= 4 is 41.2 Å². The molecule has 2 heterocycles. The summed E-state index contributed by atoms with van der Waals surface area (Å²) < 4.78 is 0. The van der Waals surface area contributed by atoms with Crippen LogP contribution in [0.4, 0.5) is 0 Å². The van der Waals surface area contributed by atoms with Gasteiger partial charge in [0.2, 0.25) is 11.8 Å². The van der Waals surface area contributed by atoms with Gasteiger partial charge in [-0.15, -0.1) is 11.8 Å². The van der Waals surface area contributed by atoms with Gasteiger partial charge in [-0.2, -0.15) is 11.8 Å². The van der Waals surface area contributed by atoms with Crippen molar-refractivity contribution in [1.29, 1.82) is 0 Å². The summed E-state index contributed by atoms with van der Waals surface area (Å²) in [6.07, 6.45) is 8.12. The van der Waals surface area contributed by atoms with Crippen LogP contribution in [0.1, 0.15) is 59.8 Å². The first-order chi connectivity index (χ1) is 14.6. The fourth-order valence-electron chi connectivity index (χ4n) is 4.56. The van der Waals surface area contributed by atoms with Gasteiger partial charge in [-0.1, -0.05) is 37.5 Å². The third-order valence-electron chi connectivity index (χ3n) is 6.19. The third-order valence-corrected chi connectivity index (χ3v) is 8.14. The number of benzene rings is 1. The fraction of sp³-hybridized carbons (Fsp3) is 0.591. The molecule has 2 fully saturated rings. The molecular formula is C22H29N3O3S2. The van der Waals surface area contributed by atoms with Gasteiger partial charge >= 0.3 is 0 Å². The van der Waals surface area contributed by atoms with E-state index in [2.05, 4.69) is 10.6 Å². The topological polar surface area (TPSA) is 78.5 Å². The van der Waals surface area contributed by atoms with Gasteiger partial charge in [0.1, 0.15) is 17.5 Å². The van der Waals surface area contributed by atoms with Crippen molar-refractivity contribution in [2.24, 2.45) is 0 Å². The average molecular weight is 448 g/mol. The number of nitrogens with one attached hydrogen (secondary N) is 2. The SMILES string of the molecule is CSCCC(NC(=O)C1CSC2c3ccccc3C(=O)N12)C(=O)NC1CCCCC1. The summed E-state index contributed by atoms with van der Waals surface area (Å²) in [5.74, 6) is 0.932. The van der Waals surface area contributed by atoms with Gasteiger partial charge in [-0.05, 0) is 42.9 Å². The second-order valence-electron chi connectivity index (χ2n) is 8.19. The summed E-state index contributed by atoms with van der Waals surface area (Å²) in [6.45, 7) is 0. The molecule has 3 atom stereocenters. The van der Waals surface area contributed by atoms with Gasteiger partial charge in [0.25, 0.3) is 5.91 Å². The molecule has 1 saturated carbocycles. The van der Waals surface area contributed by atoms with Gasteiger partial charge in [0.05, 0.1) is 0 Å². The molecular weight excluding hydrogens is 418 g/mol. The summed E-state index contributed by atoms with van der Waals surface area (Å²) in [5.41, 5.74) is 1.67. The molecule has 3 amide bonds. The Balaban J connectivity index is 1.42. The molecule has 1 aromatic carbocycles. The van der Waals surface area contributed by atoms with Crippen LogP contribution in [0.2, 0.25) is 0 Å². The minimum Gasteiger partial charge on any atom is -0.352 e. The normalized spacial score (nSPS) is 24.3. The Kier molecular flexibility index (Phi) is 6.93. The predicted octanol–water partition coefficient (Wildman–Crippen LogP) is 2.94. The van der Waals surface area contributed by atoms with Gasteiger partial charge in [-0.25, -0.2) is 0 Å². The third kappa shape index (κ3) is 4.35. The number of hydrogen-bond acceptors (Lipinski definition) is 5. The summed E-state index contributed by atoms with van der Waals surface area (Å²) in [7, 11) is 0. The van der Waals surface area contributed by atoms with Crippen LogP contribution in [0.3, 0.4) is 0 Å². The molecule has 1 aliphatic carbocycles. The molecule has 30 heavy (non-hydrogen) atoms. The Morgan fingerprint density at radius 1 is 1.23 bits per heavy atom. The van der Waals surface area contributed by atoms with Crippen molar-refractivity contribution < 1.29 is 14.4 Å². The van der Waals surface area contributed by atoms with E-state index >= 15 is 0 Å². The van der Waals surface area contributed by atoms with Gasteiger partial charge < -0.3 is 15.5 Å². The van der Waals surface area contributed by atoms with E-state index in [1.165, 1.54) is 6.42 Å². The number of rotatable bonds is 7. The molecule has 2 aliphatic heterocycles. The largest absolute Gasteiger partial charge is 0.352 e. The zero-order valence-corrected chi connectivity index (χ0v) is 18.9. The number of carbonyl (C=O) groups excluding carboxylic acids is 3. The highest BCUT2D eigenvalue weighted by atomic mass is 32.2. The van der Waals surface area contributed by atoms with E-state index in [4.69, 9.17) is 0 Å². The number of fused-ring (bicyclic) bond motifs is 3. The number of amides is 3. The molecule has 0 bridgehead atoms. The Morgan fingerprint density at radius 2 is 2.00 bits per heavy atom. The molecule has 0 aromatic heterocycles. The molecule has 8 heteroatoms.